The number of aryl methyl sites for hydroxylation is 4. The highest BCUT2D eigenvalue weighted by molar-refractivity contribution is 6.16. The number of para-hydroxylation sites is 4. The van der Waals surface area contributed by atoms with Crippen molar-refractivity contribution >= 4 is 87.2 Å². The minimum absolute atomic E-state index is 0.581. The molecule has 406 valence electrons. The molecular formula is C78H54N8. The van der Waals surface area contributed by atoms with Crippen LogP contribution in [-0.2, 0) is 0 Å². The normalized spacial score (nSPS) is 12.0. The summed E-state index contributed by atoms with van der Waals surface area (Å²) >= 11 is 0. The molecular weight excluding hydrogens is 1050 g/mol. The number of aromatic nitrogens is 8. The van der Waals surface area contributed by atoms with Crippen LogP contribution in [0.15, 0.2) is 255 Å². The largest absolute Gasteiger partial charge is 0.305 e. The van der Waals surface area contributed by atoms with Gasteiger partial charge in [0.25, 0.3) is 0 Å². The number of fused-ring (bicyclic) bond motifs is 12. The summed E-state index contributed by atoms with van der Waals surface area (Å²) in [6.07, 6.45) is 0. The molecule has 6 aromatic heterocycles. The molecule has 0 spiro atoms. The summed E-state index contributed by atoms with van der Waals surface area (Å²) in [7, 11) is 0. The molecule has 0 bridgehead atoms. The lowest BCUT2D eigenvalue weighted by Crippen LogP contribution is -2.16. The lowest BCUT2D eigenvalue weighted by Gasteiger charge is -2.27. The molecule has 8 nitrogen and oxygen atoms in total. The number of pyridine rings is 1. The van der Waals surface area contributed by atoms with Gasteiger partial charge in [0.05, 0.1) is 44.1 Å². The maximum absolute atomic E-state index is 6.46. The Balaban J connectivity index is 1.11. The van der Waals surface area contributed by atoms with E-state index < -0.39 is 0 Å². The SMILES string of the molecule is Cc1ccc2c(c1)c1cc(C)ccc1n2-c1nc(-n2c3ccccc3c3ccccc32)c(-n2c3ccc(C)cc3c3cc(C)ccc32)c(-c2ccc(-c3nc(-c4ccccc4)nc(-c4ccccc4)n3)cc2)c1-n1c2ccccc2c2ccccc21. The first-order valence-corrected chi connectivity index (χ1v) is 29.4. The fourth-order valence-electron chi connectivity index (χ4n) is 13.6. The lowest BCUT2D eigenvalue weighted by molar-refractivity contribution is 0.961. The third-order valence-corrected chi connectivity index (χ3v) is 17.4. The molecule has 8 heteroatoms. The molecule has 17 aromatic rings. The molecule has 0 amide bonds. The molecule has 0 aliphatic rings. The van der Waals surface area contributed by atoms with Crippen molar-refractivity contribution in [3.8, 4) is 68.3 Å². The van der Waals surface area contributed by atoms with Crippen LogP contribution in [0.1, 0.15) is 22.3 Å². The molecule has 0 fully saturated rings. The van der Waals surface area contributed by atoms with Crippen molar-refractivity contribution in [3.05, 3.63) is 277 Å². The molecule has 6 heterocycles. The minimum Gasteiger partial charge on any atom is -0.305 e. The quantitative estimate of drug-likeness (QED) is 0.152. The summed E-state index contributed by atoms with van der Waals surface area (Å²) in [5.41, 5.74) is 19.8. The number of hydrogen-bond acceptors (Lipinski definition) is 4. The zero-order chi connectivity index (χ0) is 57.3. The summed E-state index contributed by atoms with van der Waals surface area (Å²) < 4.78 is 9.89. The van der Waals surface area contributed by atoms with E-state index in [1.165, 1.54) is 43.8 Å². The van der Waals surface area contributed by atoms with Gasteiger partial charge in [-0.15, -0.1) is 0 Å². The molecule has 0 aliphatic carbocycles. The van der Waals surface area contributed by atoms with Crippen molar-refractivity contribution < 1.29 is 0 Å². The zero-order valence-corrected chi connectivity index (χ0v) is 47.8. The second kappa shape index (κ2) is 19.2. The predicted molar refractivity (Wildman–Crippen MR) is 356 cm³/mol. The van der Waals surface area contributed by atoms with E-state index >= 15 is 0 Å². The topological polar surface area (TPSA) is 71.3 Å². The van der Waals surface area contributed by atoms with Gasteiger partial charge in [-0.05, 0) is 106 Å². The van der Waals surface area contributed by atoms with Crippen molar-refractivity contribution in [1.29, 1.82) is 0 Å². The van der Waals surface area contributed by atoms with E-state index in [4.69, 9.17) is 19.9 Å². The van der Waals surface area contributed by atoms with Crippen LogP contribution in [0.2, 0.25) is 0 Å². The molecule has 0 unspecified atom stereocenters. The lowest BCUT2D eigenvalue weighted by atomic mass is 9.98. The van der Waals surface area contributed by atoms with Crippen LogP contribution < -0.4 is 0 Å². The van der Waals surface area contributed by atoms with E-state index in [0.29, 0.717) is 17.5 Å². The van der Waals surface area contributed by atoms with Crippen LogP contribution in [0, 0.1) is 27.7 Å². The zero-order valence-electron chi connectivity index (χ0n) is 47.8. The van der Waals surface area contributed by atoms with Gasteiger partial charge >= 0.3 is 0 Å². The minimum atomic E-state index is 0.581. The highest BCUT2D eigenvalue weighted by Crippen LogP contribution is 2.49. The van der Waals surface area contributed by atoms with E-state index in [1.807, 2.05) is 36.4 Å². The van der Waals surface area contributed by atoms with Crippen LogP contribution in [0.25, 0.3) is 156 Å². The van der Waals surface area contributed by atoms with Gasteiger partial charge < -0.3 is 9.13 Å². The number of rotatable bonds is 8. The maximum Gasteiger partial charge on any atom is 0.165 e. The Labute approximate surface area is 495 Å². The molecule has 0 saturated heterocycles. The van der Waals surface area contributed by atoms with Crippen LogP contribution in [-0.4, -0.2) is 38.2 Å². The van der Waals surface area contributed by atoms with Crippen molar-refractivity contribution in [2.75, 3.05) is 0 Å². The van der Waals surface area contributed by atoms with Crippen LogP contribution in [0.3, 0.4) is 0 Å². The third kappa shape index (κ3) is 7.56. The van der Waals surface area contributed by atoms with Crippen molar-refractivity contribution in [2.24, 2.45) is 0 Å². The number of nitrogens with zero attached hydrogens (tertiary/aromatic N) is 8. The summed E-state index contributed by atoms with van der Waals surface area (Å²) in [4.78, 5) is 22.0. The Morgan fingerprint density at radius 2 is 0.488 bits per heavy atom. The Bertz CT molecular complexity index is 5340. The van der Waals surface area contributed by atoms with Crippen LogP contribution >= 0.6 is 0 Å². The van der Waals surface area contributed by atoms with Gasteiger partial charge in [0, 0.05) is 65.3 Å². The monoisotopic (exact) mass is 1100 g/mol. The second-order valence-electron chi connectivity index (χ2n) is 22.9. The van der Waals surface area contributed by atoms with Gasteiger partial charge in [-0.3, -0.25) is 9.13 Å². The summed E-state index contributed by atoms with van der Waals surface area (Å²) in [6.45, 7) is 8.76. The predicted octanol–water partition coefficient (Wildman–Crippen LogP) is 19.6. The van der Waals surface area contributed by atoms with Crippen molar-refractivity contribution in [3.63, 3.8) is 0 Å². The molecule has 0 aliphatic heterocycles. The molecule has 11 aromatic carbocycles. The van der Waals surface area contributed by atoms with E-state index in [1.54, 1.807) is 0 Å². The third-order valence-electron chi connectivity index (χ3n) is 17.4. The second-order valence-corrected chi connectivity index (χ2v) is 22.9. The summed E-state index contributed by atoms with van der Waals surface area (Å²) in [6, 6.07) is 92.2. The Morgan fingerprint density at radius 1 is 0.221 bits per heavy atom. The van der Waals surface area contributed by atoms with Gasteiger partial charge in [0.15, 0.2) is 29.1 Å². The van der Waals surface area contributed by atoms with E-state index in [9.17, 15) is 0 Å². The highest BCUT2D eigenvalue weighted by atomic mass is 15.2. The first-order chi connectivity index (χ1) is 42.3. The van der Waals surface area contributed by atoms with Crippen LogP contribution in [0.4, 0.5) is 0 Å². The number of hydrogen-bond donors (Lipinski definition) is 0. The smallest absolute Gasteiger partial charge is 0.165 e. The first kappa shape index (κ1) is 49.4. The average Bonchev–Trinajstić information content (AvgIpc) is 2.01. The molecule has 0 atom stereocenters. The maximum atomic E-state index is 6.46. The molecule has 86 heavy (non-hydrogen) atoms. The van der Waals surface area contributed by atoms with Gasteiger partial charge in [0.2, 0.25) is 0 Å². The van der Waals surface area contributed by atoms with Gasteiger partial charge in [-0.25, -0.2) is 19.9 Å². The van der Waals surface area contributed by atoms with Crippen LogP contribution in [0.5, 0.6) is 0 Å². The Morgan fingerprint density at radius 3 is 0.837 bits per heavy atom. The summed E-state index contributed by atoms with van der Waals surface area (Å²) in [5, 5.41) is 9.28. The highest BCUT2D eigenvalue weighted by Gasteiger charge is 2.33. The first-order valence-electron chi connectivity index (χ1n) is 29.4. The fraction of sp³-hybridized carbons (Fsp3) is 0.0513. The van der Waals surface area contributed by atoms with Crippen molar-refractivity contribution in [1.82, 2.24) is 38.2 Å². The Kier molecular flexibility index (Phi) is 11.0. The van der Waals surface area contributed by atoms with E-state index in [2.05, 4.69) is 264 Å². The molecule has 0 radical (unpaired) electrons. The Hall–Kier alpha value is -11.2. The van der Waals surface area contributed by atoms with Gasteiger partial charge in [-0.2, -0.15) is 0 Å². The molecule has 0 saturated carbocycles. The van der Waals surface area contributed by atoms with E-state index in [0.717, 1.165) is 117 Å². The van der Waals surface area contributed by atoms with Crippen molar-refractivity contribution in [2.45, 2.75) is 27.7 Å². The fourth-order valence-corrected chi connectivity index (χ4v) is 13.6. The average molecular weight is 1100 g/mol. The van der Waals surface area contributed by atoms with Gasteiger partial charge in [0.1, 0.15) is 11.4 Å². The number of benzene rings is 11. The standard InChI is InChI=1S/C78H54N8/c1-47-31-39-67-59(43-47)60-44-48(2)32-40-68(60)84(67)73-71(51-35-37-54(38-36-51)76-80-74(52-19-7-5-8-20-52)79-75(81-76)53-21-9-6-10-22-53)72(83-63-27-15-11-23-55(63)56-24-12-16-28-64(56)83)78(86-69-41-33-49(3)45-61(69)62-46-50(4)34-42-70(62)86)82-77(73)85-65-29-17-13-25-57(65)58-26-14-18-30-66(58)85/h5-46H,1-4H3. The molecule has 0 N–H and O–H groups in total. The van der Waals surface area contributed by atoms with E-state index in [-0.39, 0.29) is 0 Å². The summed E-state index contributed by atoms with van der Waals surface area (Å²) in [5.74, 6) is 3.37. The van der Waals surface area contributed by atoms with Gasteiger partial charge in [-0.1, -0.05) is 204 Å². The molecule has 17 rings (SSSR count).